The molecular formula is C7H5ClNO. The third kappa shape index (κ3) is 1.48. The van der Waals surface area contributed by atoms with Crippen molar-refractivity contribution in [2.75, 3.05) is 0 Å². The van der Waals surface area contributed by atoms with Crippen LogP contribution in [0, 0.1) is 0 Å². The highest BCUT2D eigenvalue weighted by Crippen LogP contribution is 2.08. The normalized spacial score (nSPS) is 9.30. The number of rotatable bonds is 1. The molecular weight excluding hydrogens is 150 g/mol. The van der Waals surface area contributed by atoms with Crippen molar-refractivity contribution in [3.8, 4) is 0 Å². The molecule has 10 heavy (non-hydrogen) atoms. The Morgan fingerprint density at radius 2 is 1.80 bits per heavy atom. The van der Waals surface area contributed by atoms with Gasteiger partial charge < -0.3 is 0 Å². The highest BCUT2D eigenvalue weighted by Gasteiger charge is 1.97. The lowest BCUT2D eigenvalue weighted by molar-refractivity contribution is 0.0992. The summed E-state index contributed by atoms with van der Waals surface area (Å²) in [6.45, 7) is 0. The number of nitrogens with one attached hydrogen (secondary N) is 1. The van der Waals surface area contributed by atoms with Gasteiger partial charge in [-0.05, 0) is 24.3 Å². The number of carbonyl (C=O) groups is 1. The molecule has 0 saturated carbocycles. The molecule has 0 aliphatic carbocycles. The van der Waals surface area contributed by atoms with Crippen LogP contribution in [-0.2, 0) is 0 Å². The van der Waals surface area contributed by atoms with Gasteiger partial charge in [-0.15, -0.1) is 0 Å². The first kappa shape index (κ1) is 7.09. The molecule has 2 nitrogen and oxygen atoms in total. The maximum atomic E-state index is 10.4. The van der Waals surface area contributed by atoms with Crippen LogP contribution in [0.4, 0.5) is 0 Å². The van der Waals surface area contributed by atoms with Crippen molar-refractivity contribution >= 4 is 17.5 Å². The van der Waals surface area contributed by atoms with E-state index in [1.807, 2.05) is 0 Å². The molecule has 51 valence electrons. The van der Waals surface area contributed by atoms with Crippen LogP contribution in [0.5, 0.6) is 0 Å². The monoisotopic (exact) mass is 154 g/mol. The van der Waals surface area contributed by atoms with Crippen molar-refractivity contribution in [2.45, 2.75) is 0 Å². The van der Waals surface area contributed by atoms with Crippen LogP contribution in [0.15, 0.2) is 24.3 Å². The van der Waals surface area contributed by atoms with Crippen molar-refractivity contribution in [1.29, 1.82) is 0 Å². The van der Waals surface area contributed by atoms with E-state index in [0.717, 1.165) is 0 Å². The summed E-state index contributed by atoms with van der Waals surface area (Å²) in [6.07, 6.45) is 0. The average Bonchev–Trinajstić information content (AvgIpc) is 1.88. The van der Waals surface area contributed by atoms with E-state index >= 15 is 0 Å². The molecule has 0 aliphatic rings. The lowest BCUT2D eigenvalue weighted by Crippen LogP contribution is -1.96. The largest absolute Gasteiger partial charge is 0.269 e. The van der Waals surface area contributed by atoms with E-state index in [4.69, 9.17) is 17.3 Å². The van der Waals surface area contributed by atoms with Crippen LogP contribution in [0.3, 0.4) is 0 Å². The van der Waals surface area contributed by atoms with Gasteiger partial charge in [-0.2, -0.15) is 0 Å². The first-order valence-electron chi connectivity index (χ1n) is 2.71. The minimum Gasteiger partial charge on any atom is -0.267 e. The molecule has 1 radical (unpaired) electrons. The summed E-state index contributed by atoms with van der Waals surface area (Å²) in [5.74, 6) is -0.684. The van der Waals surface area contributed by atoms with Crippen molar-refractivity contribution < 1.29 is 4.79 Å². The number of amides is 1. The summed E-state index contributed by atoms with van der Waals surface area (Å²) in [5, 5.41) is 0.574. The quantitative estimate of drug-likeness (QED) is 0.608. The standard InChI is InChI=1S/C7H5ClNO/c8-6-3-1-5(2-4-6)7(9)10/h1-4,9H. The molecule has 1 N–H and O–H groups in total. The third-order valence-corrected chi connectivity index (χ3v) is 1.36. The summed E-state index contributed by atoms with van der Waals surface area (Å²) in [4.78, 5) is 10.4. The second-order valence-corrected chi connectivity index (χ2v) is 2.27. The average molecular weight is 155 g/mol. The third-order valence-electron chi connectivity index (χ3n) is 1.11. The van der Waals surface area contributed by atoms with Gasteiger partial charge in [0, 0.05) is 10.6 Å². The van der Waals surface area contributed by atoms with Gasteiger partial charge in [0.2, 0.25) is 0 Å². The molecule has 0 bridgehead atoms. The minimum atomic E-state index is -0.684. The number of hydrogen-bond donors (Lipinski definition) is 0. The van der Waals surface area contributed by atoms with Gasteiger partial charge in [0.05, 0.1) is 0 Å². The van der Waals surface area contributed by atoms with Crippen LogP contribution in [0.1, 0.15) is 10.4 Å². The zero-order valence-corrected chi connectivity index (χ0v) is 5.85. The summed E-state index contributed by atoms with van der Waals surface area (Å²) in [7, 11) is 0. The van der Waals surface area contributed by atoms with Crippen molar-refractivity contribution in [1.82, 2.24) is 5.73 Å². The van der Waals surface area contributed by atoms with E-state index in [2.05, 4.69) is 0 Å². The molecule has 0 aromatic heterocycles. The Hall–Kier alpha value is -1.02. The van der Waals surface area contributed by atoms with E-state index < -0.39 is 5.91 Å². The van der Waals surface area contributed by atoms with Gasteiger partial charge in [-0.1, -0.05) is 11.6 Å². The molecule has 0 heterocycles. The Morgan fingerprint density at radius 1 is 1.30 bits per heavy atom. The molecule has 0 spiro atoms. The van der Waals surface area contributed by atoms with Gasteiger partial charge in [-0.25, -0.2) is 0 Å². The lowest BCUT2D eigenvalue weighted by atomic mass is 10.2. The molecule has 1 amide bonds. The summed E-state index contributed by atoms with van der Waals surface area (Å²) in [5.41, 5.74) is 7.07. The molecule has 3 heteroatoms. The fourth-order valence-corrected chi connectivity index (χ4v) is 0.727. The van der Waals surface area contributed by atoms with Gasteiger partial charge in [-0.3, -0.25) is 10.5 Å². The van der Waals surface area contributed by atoms with Crippen LogP contribution >= 0.6 is 11.6 Å². The van der Waals surface area contributed by atoms with E-state index in [-0.39, 0.29) is 0 Å². The molecule has 0 atom stereocenters. The molecule has 0 aliphatic heterocycles. The van der Waals surface area contributed by atoms with Crippen LogP contribution in [0.2, 0.25) is 5.02 Å². The molecule has 0 unspecified atom stereocenters. The molecule has 1 rings (SSSR count). The Balaban J connectivity index is 3.00. The van der Waals surface area contributed by atoms with Gasteiger partial charge in [0.25, 0.3) is 5.91 Å². The van der Waals surface area contributed by atoms with Crippen molar-refractivity contribution in [3.63, 3.8) is 0 Å². The maximum Gasteiger partial charge on any atom is 0.269 e. The zero-order chi connectivity index (χ0) is 7.56. The smallest absolute Gasteiger partial charge is 0.267 e. The SMILES string of the molecule is [NH]C(=O)c1ccc(Cl)cc1. The van der Waals surface area contributed by atoms with Crippen LogP contribution in [0.25, 0.3) is 0 Å². The fraction of sp³-hybridized carbons (Fsp3) is 0. The summed E-state index contributed by atoms with van der Waals surface area (Å²) in [6, 6.07) is 6.22. The topological polar surface area (TPSA) is 40.9 Å². The predicted octanol–water partition coefficient (Wildman–Crippen LogP) is 1.76. The molecule has 0 saturated heterocycles. The minimum absolute atomic E-state index is 0.365. The second-order valence-electron chi connectivity index (χ2n) is 1.84. The zero-order valence-electron chi connectivity index (χ0n) is 5.10. The fourth-order valence-electron chi connectivity index (χ4n) is 0.601. The highest BCUT2D eigenvalue weighted by molar-refractivity contribution is 6.30. The summed E-state index contributed by atoms with van der Waals surface area (Å²) >= 11 is 5.54. The van der Waals surface area contributed by atoms with Crippen LogP contribution in [-0.4, -0.2) is 5.91 Å². The summed E-state index contributed by atoms with van der Waals surface area (Å²) < 4.78 is 0. The van der Waals surface area contributed by atoms with E-state index in [9.17, 15) is 4.79 Å². The lowest BCUT2D eigenvalue weighted by Gasteiger charge is -1.91. The number of carbonyl (C=O) groups excluding carboxylic acids is 1. The molecule has 1 aromatic rings. The first-order chi connectivity index (χ1) is 4.70. The van der Waals surface area contributed by atoms with E-state index in [0.29, 0.717) is 10.6 Å². The van der Waals surface area contributed by atoms with Gasteiger partial charge >= 0.3 is 0 Å². The molecule has 1 aromatic carbocycles. The van der Waals surface area contributed by atoms with E-state index in [1.165, 1.54) is 12.1 Å². The second kappa shape index (κ2) is 2.71. The number of hydrogen-bond acceptors (Lipinski definition) is 1. The van der Waals surface area contributed by atoms with Crippen molar-refractivity contribution in [2.24, 2.45) is 0 Å². The first-order valence-corrected chi connectivity index (χ1v) is 3.09. The van der Waals surface area contributed by atoms with Gasteiger partial charge in [0.15, 0.2) is 0 Å². The Labute approximate surface area is 63.6 Å². The predicted molar refractivity (Wildman–Crippen MR) is 38.9 cm³/mol. The van der Waals surface area contributed by atoms with Gasteiger partial charge in [0.1, 0.15) is 0 Å². The number of halogens is 1. The molecule has 0 fully saturated rings. The van der Waals surface area contributed by atoms with Crippen molar-refractivity contribution in [3.05, 3.63) is 34.9 Å². The highest BCUT2D eigenvalue weighted by atomic mass is 35.5. The Bertz CT molecular complexity index is 242. The Kier molecular flexibility index (Phi) is 1.92. The number of benzene rings is 1. The Morgan fingerprint density at radius 3 is 2.20 bits per heavy atom. The van der Waals surface area contributed by atoms with Crippen LogP contribution < -0.4 is 5.73 Å². The maximum absolute atomic E-state index is 10.4. The van der Waals surface area contributed by atoms with E-state index in [1.54, 1.807) is 12.1 Å².